The lowest BCUT2D eigenvalue weighted by Gasteiger charge is -2.28. The van der Waals surface area contributed by atoms with Crippen molar-refractivity contribution in [1.82, 2.24) is 9.71 Å². The van der Waals surface area contributed by atoms with Crippen LogP contribution in [0.25, 0.3) is 0 Å². The highest BCUT2D eigenvalue weighted by atomic mass is 32.2. The molecular formula is C15H21N3OS2. The number of thiazole rings is 1. The van der Waals surface area contributed by atoms with Crippen LogP contribution in [0.3, 0.4) is 0 Å². The fourth-order valence-electron chi connectivity index (χ4n) is 1.90. The SMILES string of the molecule is Cc1ccccc1[C@@H](N[S+]([O-])C(C)(C)C)c1cnc(N)s1. The molecule has 0 saturated heterocycles. The van der Waals surface area contributed by atoms with Crippen LogP contribution >= 0.6 is 11.3 Å². The summed E-state index contributed by atoms with van der Waals surface area (Å²) in [5.74, 6) is 0. The molecule has 0 fully saturated rings. The van der Waals surface area contributed by atoms with Crippen LogP contribution in [0.2, 0.25) is 0 Å². The van der Waals surface area contributed by atoms with Gasteiger partial charge in [0.25, 0.3) is 0 Å². The van der Waals surface area contributed by atoms with Crippen molar-refractivity contribution >= 4 is 27.8 Å². The predicted molar refractivity (Wildman–Crippen MR) is 90.6 cm³/mol. The molecule has 2 aromatic rings. The second kappa shape index (κ2) is 6.36. The third kappa shape index (κ3) is 3.97. The Morgan fingerprint density at radius 3 is 2.52 bits per heavy atom. The maximum absolute atomic E-state index is 12.5. The average molecular weight is 323 g/mol. The van der Waals surface area contributed by atoms with E-state index in [1.807, 2.05) is 39.0 Å². The van der Waals surface area contributed by atoms with Gasteiger partial charge < -0.3 is 10.3 Å². The summed E-state index contributed by atoms with van der Waals surface area (Å²) < 4.78 is 15.4. The first-order valence-electron chi connectivity index (χ1n) is 6.74. The first kappa shape index (κ1) is 16.3. The van der Waals surface area contributed by atoms with Crippen LogP contribution in [-0.2, 0) is 11.4 Å². The maximum Gasteiger partial charge on any atom is 0.180 e. The van der Waals surface area contributed by atoms with Gasteiger partial charge in [0.15, 0.2) is 5.13 Å². The normalized spacial score (nSPS) is 14.9. The van der Waals surface area contributed by atoms with Crippen molar-refractivity contribution < 1.29 is 4.55 Å². The minimum Gasteiger partial charge on any atom is -0.598 e. The van der Waals surface area contributed by atoms with Crippen LogP contribution < -0.4 is 10.5 Å². The van der Waals surface area contributed by atoms with Crippen molar-refractivity contribution in [3.63, 3.8) is 0 Å². The number of nitrogens with one attached hydrogen (secondary N) is 1. The zero-order valence-electron chi connectivity index (χ0n) is 12.7. The van der Waals surface area contributed by atoms with Crippen molar-refractivity contribution in [3.05, 3.63) is 46.5 Å². The van der Waals surface area contributed by atoms with Gasteiger partial charge in [-0.2, -0.15) is 0 Å². The molecule has 1 aromatic carbocycles. The van der Waals surface area contributed by atoms with Crippen LogP contribution in [-0.4, -0.2) is 14.3 Å². The first-order valence-corrected chi connectivity index (χ1v) is 8.70. The Bertz CT molecular complexity index is 607. The largest absolute Gasteiger partial charge is 0.598 e. The van der Waals surface area contributed by atoms with E-state index in [2.05, 4.69) is 22.7 Å². The van der Waals surface area contributed by atoms with E-state index in [0.717, 1.165) is 16.0 Å². The van der Waals surface area contributed by atoms with Crippen LogP contribution in [0.5, 0.6) is 0 Å². The number of hydrogen-bond acceptors (Lipinski definition) is 5. The van der Waals surface area contributed by atoms with Gasteiger partial charge in [-0.25, -0.2) is 4.98 Å². The molecule has 0 aliphatic rings. The molecule has 0 bridgehead atoms. The summed E-state index contributed by atoms with van der Waals surface area (Å²) in [6, 6.07) is 7.91. The number of hydrogen-bond donors (Lipinski definition) is 2. The molecule has 0 spiro atoms. The van der Waals surface area contributed by atoms with E-state index < -0.39 is 11.4 Å². The molecule has 1 aromatic heterocycles. The minimum absolute atomic E-state index is 0.166. The highest BCUT2D eigenvalue weighted by Gasteiger charge is 2.31. The number of aryl methyl sites for hydroxylation is 1. The molecule has 1 heterocycles. The van der Waals surface area contributed by atoms with E-state index in [0.29, 0.717) is 5.13 Å². The Morgan fingerprint density at radius 1 is 1.33 bits per heavy atom. The number of rotatable bonds is 4. The Morgan fingerprint density at radius 2 is 2.00 bits per heavy atom. The molecule has 0 saturated carbocycles. The van der Waals surface area contributed by atoms with Gasteiger partial charge in [-0.3, -0.25) is 0 Å². The van der Waals surface area contributed by atoms with E-state index in [1.54, 1.807) is 6.20 Å². The summed E-state index contributed by atoms with van der Waals surface area (Å²) in [5.41, 5.74) is 8.00. The third-order valence-electron chi connectivity index (χ3n) is 3.11. The van der Waals surface area contributed by atoms with Gasteiger partial charge in [0.2, 0.25) is 0 Å². The molecule has 2 atom stereocenters. The number of nitrogen functional groups attached to an aromatic ring is 1. The lowest BCUT2D eigenvalue weighted by molar-refractivity contribution is 0.536. The number of nitrogens with two attached hydrogens (primary N) is 1. The van der Waals surface area contributed by atoms with Crippen LogP contribution in [0.15, 0.2) is 30.5 Å². The van der Waals surface area contributed by atoms with Gasteiger partial charge in [-0.15, -0.1) is 16.1 Å². The van der Waals surface area contributed by atoms with Crippen LogP contribution in [0.1, 0.15) is 42.8 Å². The highest BCUT2D eigenvalue weighted by Crippen LogP contribution is 2.31. The minimum atomic E-state index is -1.18. The lowest BCUT2D eigenvalue weighted by Crippen LogP contribution is -2.41. The second-order valence-corrected chi connectivity index (χ2v) is 8.98. The topological polar surface area (TPSA) is 74.0 Å². The molecular weight excluding hydrogens is 302 g/mol. The lowest BCUT2D eigenvalue weighted by atomic mass is 10.0. The van der Waals surface area contributed by atoms with Crippen molar-refractivity contribution in [3.8, 4) is 0 Å². The van der Waals surface area contributed by atoms with Gasteiger partial charge in [0.1, 0.15) is 10.8 Å². The molecule has 0 aliphatic heterocycles. The van der Waals surface area contributed by atoms with Crippen molar-refractivity contribution in [2.24, 2.45) is 0 Å². The Kier molecular flexibility index (Phi) is 4.93. The molecule has 3 N–H and O–H groups in total. The van der Waals surface area contributed by atoms with Gasteiger partial charge in [-0.1, -0.05) is 24.3 Å². The number of aromatic nitrogens is 1. The smallest absolute Gasteiger partial charge is 0.180 e. The fraction of sp³-hybridized carbons (Fsp3) is 0.400. The summed E-state index contributed by atoms with van der Waals surface area (Å²) in [5, 5.41) is 0.520. The third-order valence-corrected chi connectivity index (χ3v) is 5.56. The summed E-state index contributed by atoms with van der Waals surface area (Å²) >= 11 is 0.242. The van der Waals surface area contributed by atoms with Crippen molar-refractivity contribution in [2.45, 2.75) is 38.5 Å². The number of nitrogens with zero attached hydrogens (tertiary/aromatic N) is 1. The zero-order chi connectivity index (χ0) is 15.6. The molecule has 114 valence electrons. The fourth-order valence-corrected chi connectivity index (χ4v) is 3.56. The molecule has 6 heteroatoms. The molecule has 0 amide bonds. The average Bonchev–Trinajstić information content (AvgIpc) is 2.82. The Balaban J connectivity index is 2.38. The maximum atomic E-state index is 12.5. The number of anilines is 1. The first-order chi connectivity index (χ1) is 9.79. The van der Waals surface area contributed by atoms with E-state index in [1.165, 1.54) is 11.3 Å². The quantitative estimate of drug-likeness (QED) is 0.848. The number of benzene rings is 1. The van der Waals surface area contributed by atoms with Crippen LogP contribution in [0.4, 0.5) is 5.13 Å². The molecule has 21 heavy (non-hydrogen) atoms. The van der Waals surface area contributed by atoms with Crippen LogP contribution in [0, 0.1) is 6.92 Å². The summed E-state index contributed by atoms with van der Waals surface area (Å²) in [6.45, 7) is 7.90. The van der Waals surface area contributed by atoms with Gasteiger partial charge >= 0.3 is 0 Å². The Labute approximate surface area is 133 Å². The summed E-state index contributed by atoms with van der Waals surface area (Å²) in [4.78, 5) is 5.09. The standard InChI is InChI=1S/C15H21N3OS2/c1-10-7-5-6-8-11(10)13(12-9-17-14(16)20-12)18-21(19)15(2,3)4/h5-9,13,18H,1-4H3,(H2,16,17)/t13-,21?/m1/s1. The van der Waals surface area contributed by atoms with E-state index in [9.17, 15) is 4.55 Å². The molecule has 0 aliphatic carbocycles. The zero-order valence-corrected chi connectivity index (χ0v) is 14.3. The summed E-state index contributed by atoms with van der Waals surface area (Å²) in [6.07, 6.45) is 1.75. The second-order valence-electron chi connectivity index (χ2n) is 5.89. The van der Waals surface area contributed by atoms with Gasteiger partial charge in [0.05, 0.1) is 4.88 Å². The van der Waals surface area contributed by atoms with Gasteiger partial charge in [-0.05, 0) is 38.8 Å². The van der Waals surface area contributed by atoms with Crippen molar-refractivity contribution in [2.75, 3.05) is 5.73 Å². The highest BCUT2D eigenvalue weighted by molar-refractivity contribution is 7.90. The van der Waals surface area contributed by atoms with E-state index in [-0.39, 0.29) is 10.8 Å². The molecule has 0 radical (unpaired) electrons. The van der Waals surface area contributed by atoms with Crippen molar-refractivity contribution in [1.29, 1.82) is 0 Å². The van der Waals surface area contributed by atoms with Gasteiger partial charge in [0, 0.05) is 17.6 Å². The molecule has 1 unspecified atom stereocenters. The Hall–Kier alpha value is -1.08. The molecule has 4 nitrogen and oxygen atoms in total. The predicted octanol–water partition coefficient (Wildman–Crippen LogP) is 3.17. The van der Waals surface area contributed by atoms with E-state index >= 15 is 0 Å². The van der Waals surface area contributed by atoms with E-state index in [4.69, 9.17) is 5.73 Å². The summed E-state index contributed by atoms with van der Waals surface area (Å²) in [7, 11) is 0. The monoisotopic (exact) mass is 323 g/mol. The molecule has 2 rings (SSSR count).